The molecule has 35 heavy (non-hydrogen) atoms. The summed E-state index contributed by atoms with van der Waals surface area (Å²) in [6.45, 7) is -0.775. The van der Waals surface area contributed by atoms with E-state index in [1.165, 1.54) is 57.1 Å². The third-order valence-corrected chi connectivity index (χ3v) is 12.1. The fourth-order valence-corrected chi connectivity index (χ4v) is 9.92. The summed E-state index contributed by atoms with van der Waals surface area (Å²) in [4.78, 5) is 0. The van der Waals surface area contributed by atoms with E-state index in [4.69, 9.17) is 0 Å². The Hall–Kier alpha value is -1.82. The minimum atomic E-state index is -3.10. The topological polar surface area (TPSA) is 9.23 Å². The Labute approximate surface area is 208 Å². The van der Waals surface area contributed by atoms with Crippen LogP contribution in [0, 0.1) is 23.5 Å². The lowest BCUT2D eigenvalue weighted by atomic mass is 9.76. The zero-order valence-corrected chi connectivity index (χ0v) is 21.9. The van der Waals surface area contributed by atoms with Crippen LogP contribution in [0.25, 0.3) is 11.1 Å². The van der Waals surface area contributed by atoms with E-state index in [0.717, 1.165) is 42.4 Å². The zero-order chi connectivity index (χ0) is 24.8. The lowest BCUT2D eigenvalue weighted by Crippen LogP contribution is -2.22. The highest BCUT2D eigenvalue weighted by atomic mass is 28.3. The van der Waals surface area contributed by atoms with Gasteiger partial charge >= 0.3 is 6.61 Å². The second kappa shape index (κ2) is 12.4. The number of alkyl halides is 2. The molecule has 0 atom stereocenters. The summed E-state index contributed by atoms with van der Waals surface area (Å²) in [5, 5.41) is 0. The van der Waals surface area contributed by atoms with E-state index in [9.17, 15) is 17.6 Å². The molecular weight excluding hydrogens is 468 g/mol. The second-order valence-electron chi connectivity index (χ2n) is 10.7. The van der Waals surface area contributed by atoms with E-state index in [1.54, 1.807) is 24.2 Å². The molecule has 0 unspecified atom stereocenters. The Morgan fingerprint density at radius 1 is 0.857 bits per heavy atom. The standard InChI is InChI=1S/C29H38F4OSi/c1-2-15-35-16-13-21(14-17-35)4-3-20-5-7-22(8-6-20)23-9-11-25(26(30)18-23)24-10-12-28(27(31)19-24)34-29(32)33/h9-12,18-22,29,35H,2-8,13-17H2,1H3/t20-,21-,22-,35-. The second-order valence-corrected chi connectivity index (χ2v) is 14.2. The molecule has 0 bridgehead atoms. The Kier molecular flexibility index (Phi) is 9.32. The van der Waals surface area contributed by atoms with E-state index >= 15 is 0 Å². The molecule has 192 valence electrons. The molecule has 1 aliphatic heterocycles. The molecular formula is C29H38F4OSi. The maximum absolute atomic E-state index is 14.9. The van der Waals surface area contributed by atoms with Crippen molar-refractivity contribution in [3.63, 3.8) is 0 Å². The monoisotopic (exact) mass is 506 g/mol. The van der Waals surface area contributed by atoms with Gasteiger partial charge in [-0.25, -0.2) is 8.78 Å². The highest BCUT2D eigenvalue weighted by molar-refractivity contribution is 6.58. The van der Waals surface area contributed by atoms with Crippen molar-refractivity contribution in [1.29, 1.82) is 0 Å². The summed E-state index contributed by atoms with van der Waals surface area (Å²) in [5.41, 5.74) is 1.58. The highest BCUT2D eigenvalue weighted by Gasteiger charge is 2.26. The average Bonchev–Trinajstić information content (AvgIpc) is 2.85. The Morgan fingerprint density at radius 3 is 2.14 bits per heavy atom. The first-order valence-corrected chi connectivity index (χ1v) is 15.9. The fourth-order valence-electron chi connectivity index (χ4n) is 6.35. The van der Waals surface area contributed by atoms with Gasteiger partial charge in [0.1, 0.15) is 5.82 Å². The van der Waals surface area contributed by atoms with E-state index in [2.05, 4.69) is 11.7 Å². The van der Waals surface area contributed by atoms with Gasteiger partial charge in [0.25, 0.3) is 0 Å². The van der Waals surface area contributed by atoms with Gasteiger partial charge in [-0.1, -0.05) is 75.4 Å². The van der Waals surface area contributed by atoms with Gasteiger partial charge in [-0.2, -0.15) is 8.78 Å². The average molecular weight is 507 g/mol. The van der Waals surface area contributed by atoms with E-state index < -0.39 is 24.0 Å². The summed E-state index contributed by atoms with van der Waals surface area (Å²) in [6, 6.07) is 13.4. The van der Waals surface area contributed by atoms with E-state index in [1.807, 2.05) is 6.07 Å². The van der Waals surface area contributed by atoms with Crippen LogP contribution < -0.4 is 4.74 Å². The molecule has 0 amide bonds. The fraction of sp³-hybridized carbons (Fsp3) is 0.586. The lowest BCUT2D eigenvalue weighted by molar-refractivity contribution is -0.0521. The number of hydrogen-bond acceptors (Lipinski definition) is 1. The predicted molar refractivity (Wildman–Crippen MR) is 137 cm³/mol. The largest absolute Gasteiger partial charge is 0.432 e. The summed E-state index contributed by atoms with van der Waals surface area (Å²) in [6.07, 6.45) is 11.7. The van der Waals surface area contributed by atoms with Gasteiger partial charge in [0.2, 0.25) is 0 Å². The molecule has 0 aromatic heterocycles. The molecule has 0 spiro atoms. The van der Waals surface area contributed by atoms with E-state index in [-0.39, 0.29) is 14.4 Å². The number of benzene rings is 2. The van der Waals surface area contributed by atoms with Crippen molar-refractivity contribution in [2.45, 2.75) is 95.4 Å². The van der Waals surface area contributed by atoms with Gasteiger partial charge in [-0.15, -0.1) is 0 Å². The SMILES string of the molecule is CCC[Si@H]1CC[C@H](CC[C@H]2CC[C@H](c3ccc(-c4ccc(OC(F)F)c(F)c4)c(F)c3)CC2)CC1. The van der Waals surface area contributed by atoms with Crippen LogP contribution in [0.4, 0.5) is 17.6 Å². The van der Waals surface area contributed by atoms with Crippen LogP contribution in [0.5, 0.6) is 5.75 Å². The minimum Gasteiger partial charge on any atom is -0.432 e. The summed E-state index contributed by atoms with van der Waals surface area (Å²) >= 11 is 0. The van der Waals surface area contributed by atoms with Crippen LogP contribution >= 0.6 is 0 Å². The molecule has 1 heterocycles. The van der Waals surface area contributed by atoms with Crippen LogP contribution in [0.3, 0.4) is 0 Å². The van der Waals surface area contributed by atoms with Crippen LogP contribution in [-0.2, 0) is 0 Å². The van der Waals surface area contributed by atoms with Gasteiger partial charge < -0.3 is 4.74 Å². The van der Waals surface area contributed by atoms with Crippen molar-refractivity contribution in [1.82, 2.24) is 0 Å². The molecule has 1 aliphatic carbocycles. The molecule has 1 nitrogen and oxygen atoms in total. The van der Waals surface area contributed by atoms with Crippen molar-refractivity contribution in [2.75, 3.05) is 0 Å². The first-order chi connectivity index (χ1) is 16.9. The quantitative estimate of drug-likeness (QED) is 0.243. The van der Waals surface area contributed by atoms with E-state index in [0.29, 0.717) is 11.5 Å². The molecule has 4 rings (SSSR count). The maximum Gasteiger partial charge on any atom is 0.387 e. The summed E-state index contributed by atoms with van der Waals surface area (Å²) in [7, 11) is -0.388. The molecule has 1 saturated heterocycles. The third-order valence-electron chi connectivity index (χ3n) is 8.42. The van der Waals surface area contributed by atoms with Gasteiger partial charge in [0, 0.05) is 14.4 Å². The molecule has 2 aromatic rings. The molecule has 2 aromatic carbocycles. The molecule has 0 N–H and O–H groups in total. The predicted octanol–water partition coefficient (Wildman–Crippen LogP) is 9.33. The van der Waals surface area contributed by atoms with Crippen molar-refractivity contribution in [3.8, 4) is 16.9 Å². The Morgan fingerprint density at radius 2 is 1.54 bits per heavy atom. The minimum absolute atomic E-state index is 0.265. The first kappa shape index (κ1) is 26.2. The van der Waals surface area contributed by atoms with Crippen molar-refractivity contribution in [3.05, 3.63) is 53.6 Å². The highest BCUT2D eigenvalue weighted by Crippen LogP contribution is 2.40. The molecule has 2 aliphatic rings. The molecule has 6 heteroatoms. The normalized spacial score (nSPS) is 25.1. The number of halogens is 4. The first-order valence-electron chi connectivity index (χ1n) is 13.5. The van der Waals surface area contributed by atoms with Crippen LogP contribution in [0.15, 0.2) is 36.4 Å². The van der Waals surface area contributed by atoms with Crippen molar-refractivity contribution in [2.24, 2.45) is 11.8 Å². The van der Waals surface area contributed by atoms with Gasteiger partial charge in [0.05, 0.1) is 0 Å². The molecule has 2 fully saturated rings. The van der Waals surface area contributed by atoms with Crippen LogP contribution in [0.1, 0.15) is 76.2 Å². The van der Waals surface area contributed by atoms with Gasteiger partial charge in [-0.3, -0.25) is 0 Å². The molecule has 0 radical (unpaired) electrons. The zero-order valence-electron chi connectivity index (χ0n) is 20.8. The number of hydrogen-bond donors (Lipinski definition) is 0. The van der Waals surface area contributed by atoms with Gasteiger partial charge in [-0.05, 0) is 72.8 Å². The van der Waals surface area contributed by atoms with Crippen molar-refractivity contribution < 1.29 is 22.3 Å². The number of rotatable bonds is 9. The van der Waals surface area contributed by atoms with Crippen LogP contribution in [0.2, 0.25) is 18.1 Å². The smallest absolute Gasteiger partial charge is 0.387 e. The molecule has 1 saturated carbocycles. The summed E-state index contributed by atoms with van der Waals surface area (Å²) < 4.78 is 57.9. The summed E-state index contributed by atoms with van der Waals surface area (Å²) in [5.74, 6) is 0.246. The Balaban J connectivity index is 1.27. The third kappa shape index (κ3) is 7.11. The number of ether oxygens (including phenoxy) is 1. The maximum atomic E-state index is 14.9. The van der Waals surface area contributed by atoms with Gasteiger partial charge in [0.15, 0.2) is 11.6 Å². The Bertz CT molecular complexity index is 950. The van der Waals surface area contributed by atoms with Crippen LogP contribution in [-0.4, -0.2) is 15.4 Å². The lowest BCUT2D eigenvalue weighted by Gasteiger charge is -2.32. The van der Waals surface area contributed by atoms with Crippen molar-refractivity contribution >= 4 is 8.80 Å².